The molecule has 1 aromatic carbocycles. The van der Waals surface area contributed by atoms with Crippen molar-refractivity contribution in [3.05, 3.63) is 34.9 Å². The minimum atomic E-state index is -0.675. The van der Waals surface area contributed by atoms with Gasteiger partial charge in [0.15, 0.2) is 11.5 Å². The lowest BCUT2D eigenvalue weighted by Gasteiger charge is -2.69. The number of rotatable bonds is 3. The van der Waals surface area contributed by atoms with Crippen LogP contribution in [0.5, 0.6) is 11.5 Å². The Labute approximate surface area is 226 Å². The maximum atomic E-state index is 12.3. The summed E-state index contributed by atoms with van der Waals surface area (Å²) in [6.07, 6.45) is 9.68. The summed E-state index contributed by atoms with van der Waals surface area (Å²) >= 11 is 0. The summed E-state index contributed by atoms with van der Waals surface area (Å²) < 4.78 is 11.0. The van der Waals surface area contributed by atoms with Crippen LogP contribution in [0.3, 0.4) is 0 Å². The summed E-state index contributed by atoms with van der Waals surface area (Å²) in [7, 11) is 0. The van der Waals surface area contributed by atoms with Crippen LogP contribution in [0.1, 0.15) is 105 Å². The van der Waals surface area contributed by atoms with Crippen LogP contribution < -0.4 is 9.47 Å². The van der Waals surface area contributed by atoms with Crippen molar-refractivity contribution in [2.45, 2.75) is 105 Å². The van der Waals surface area contributed by atoms with Crippen LogP contribution in [0.2, 0.25) is 0 Å². The van der Waals surface area contributed by atoms with Gasteiger partial charge in [0.05, 0.1) is 5.41 Å². The SMILES string of the molecule is CC(=O)Oc1cc2c(cc1OC(C)=O)C1(C)CCC3(C)C4CC(C)(C(=O)O)CCC4(C)CCC3(C)C1=CC2. The van der Waals surface area contributed by atoms with E-state index in [4.69, 9.17) is 9.47 Å². The van der Waals surface area contributed by atoms with Crippen LogP contribution in [-0.4, -0.2) is 23.0 Å². The third-order valence-corrected chi connectivity index (χ3v) is 11.6. The smallest absolute Gasteiger partial charge is 0.309 e. The first-order valence-corrected chi connectivity index (χ1v) is 14.1. The molecule has 6 atom stereocenters. The highest BCUT2D eigenvalue weighted by molar-refractivity contribution is 5.75. The second-order valence-corrected chi connectivity index (χ2v) is 13.8. The van der Waals surface area contributed by atoms with Crippen molar-refractivity contribution in [3.63, 3.8) is 0 Å². The van der Waals surface area contributed by atoms with Gasteiger partial charge in [-0.2, -0.15) is 0 Å². The molecule has 6 heteroatoms. The van der Waals surface area contributed by atoms with Gasteiger partial charge >= 0.3 is 17.9 Å². The van der Waals surface area contributed by atoms with Gasteiger partial charge in [0.2, 0.25) is 0 Å². The molecule has 1 aromatic rings. The highest BCUT2D eigenvalue weighted by Gasteiger charge is 2.67. The Bertz CT molecular complexity index is 1260. The van der Waals surface area contributed by atoms with Crippen molar-refractivity contribution >= 4 is 17.9 Å². The van der Waals surface area contributed by atoms with Gasteiger partial charge in [0, 0.05) is 19.3 Å². The van der Waals surface area contributed by atoms with E-state index >= 15 is 0 Å². The van der Waals surface area contributed by atoms with E-state index in [0.29, 0.717) is 5.92 Å². The van der Waals surface area contributed by atoms with Gasteiger partial charge in [-0.05, 0) is 104 Å². The number of carboxylic acid groups (broad SMARTS) is 1. The van der Waals surface area contributed by atoms with E-state index < -0.39 is 23.3 Å². The van der Waals surface area contributed by atoms with E-state index in [0.717, 1.165) is 62.5 Å². The number of ether oxygens (including phenoxy) is 2. The van der Waals surface area contributed by atoms with Crippen LogP contribution in [-0.2, 0) is 26.2 Å². The largest absolute Gasteiger partial charge is 0.481 e. The maximum absolute atomic E-state index is 12.3. The van der Waals surface area contributed by atoms with Crippen LogP contribution in [0.25, 0.3) is 0 Å². The van der Waals surface area contributed by atoms with Crippen molar-refractivity contribution in [2.75, 3.05) is 0 Å². The molecular weight excluding hydrogens is 480 g/mol. The zero-order chi connectivity index (χ0) is 27.9. The minimum Gasteiger partial charge on any atom is -0.481 e. The second kappa shape index (κ2) is 8.43. The predicted octanol–water partition coefficient (Wildman–Crippen LogP) is 6.77. The number of allylic oxidation sites excluding steroid dienone is 2. The molecule has 0 heterocycles. The number of carbonyl (C=O) groups excluding carboxylic acids is 2. The standard InChI is InChI=1S/C32H42O6/c1-19(33)37-23-16-21-8-9-25-30(5,22(21)17-24(23)38-20(2)34)13-15-32(7)26-18-29(4,27(35)36)11-10-28(26,3)12-14-31(25,32)6/h9,16-17,26H,8,10-15,18H2,1-7H3,(H,35,36). The Hall–Kier alpha value is -2.63. The number of carbonyl (C=O) groups is 3. The van der Waals surface area contributed by atoms with Crippen molar-refractivity contribution in [3.8, 4) is 11.5 Å². The molecule has 1 N–H and O–H groups in total. The number of benzene rings is 1. The average molecular weight is 523 g/mol. The molecule has 4 aliphatic rings. The minimum absolute atomic E-state index is 0.0175. The number of hydrogen-bond acceptors (Lipinski definition) is 5. The van der Waals surface area contributed by atoms with Crippen molar-refractivity contribution in [1.29, 1.82) is 0 Å². The number of carboxylic acids is 1. The zero-order valence-corrected chi connectivity index (χ0v) is 24.0. The topological polar surface area (TPSA) is 89.9 Å². The van der Waals surface area contributed by atoms with Crippen molar-refractivity contribution in [1.82, 2.24) is 0 Å². The second-order valence-electron chi connectivity index (χ2n) is 13.8. The number of esters is 2. The molecule has 0 saturated heterocycles. The van der Waals surface area contributed by atoms with Crippen LogP contribution >= 0.6 is 0 Å². The first-order valence-electron chi connectivity index (χ1n) is 14.1. The summed E-state index contributed by atoms with van der Waals surface area (Å²) in [5, 5.41) is 10.1. The Morgan fingerprint density at radius 2 is 1.45 bits per heavy atom. The Morgan fingerprint density at radius 1 is 0.842 bits per heavy atom. The number of aliphatic carboxylic acids is 1. The molecule has 3 fully saturated rings. The summed E-state index contributed by atoms with van der Waals surface area (Å²) in [4.78, 5) is 36.0. The van der Waals surface area contributed by atoms with E-state index in [1.807, 2.05) is 19.1 Å². The Morgan fingerprint density at radius 3 is 2.05 bits per heavy atom. The maximum Gasteiger partial charge on any atom is 0.309 e. The van der Waals surface area contributed by atoms with Gasteiger partial charge in [0.1, 0.15) is 0 Å². The summed E-state index contributed by atoms with van der Waals surface area (Å²) in [5.74, 6) is -0.676. The van der Waals surface area contributed by atoms with E-state index in [1.165, 1.54) is 19.4 Å². The first-order chi connectivity index (χ1) is 17.6. The number of hydrogen-bond donors (Lipinski definition) is 1. The summed E-state index contributed by atoms with van der Waals surface area (Å²) in [6.45, 7) is 14.2. The summed E-state index contributed by atoms with van der Waals surface area (Å²) in [5.41, 5.74) is 2.81. The number of fused-ring (bicyclic) bond motifs is 7. The molecule has 0 bridgehead atoms. The van der Waals surface area contributed by atoms with Crippen LogP contribution in [0.4, 0.5) is 0 Å². The molecule has 0 spiro atoms. The van der Waals surface area contributed by atoms with Crippen LogP contribution in [0.15, 0.2) is 23.8 Å². The van der Waals surface area contributed by atoms with Gasteiger partial charge < -0.3 is 14.6 Å². The van der Waals surface area contributed by atoms with Crippen molar-refractivity contribution < 1.29 is 29.0 Å². The Balaban J connectivity index is 1.59. The molecule has 38 heavy (non-hydrogen) atoms. The third-order valence-electron chi connectivity index (χ3n) is 11.6. The van der Waals surface area contributed by atoms with Gasteiger partial charge in [-0.15, -0.1) is 0 Å². The molecule has 0 aromatic heterocycles. The average Bonchev–Trinajstić information content (AvgIpc) is 2.82. The third kappa shape index (κ3) is 3.69. The molecule has 4 aliphatic carbocycles. The zero-order valence-electron chi connectivity index (χ0n) is 24.0. The molecular formula is C32H42O6. The quantitative estimate of drug-likeness (QED) is 0.267. The Kier molecular flexibility index (Phi) is 5.98. The highest BCUT2D eigenvalue weighted by atomic mass is 16.6. The predicted molar refractivity (Wildman–Crippen MR) is 144 cm³/mol. The molecule has 206 valence electrons. The fourth-order valence-electron chi connectivity index (χ4n) is 9.07. The van der Waals surface area contributed by atoms with Gasteiger partial charge in [-0.1, -0.05) is 39.3 Å². The lowest BCUT2D eigenvalue weighted by atomic mass is 9.34. The monoisotopic (exact) mass is 522 g/mol. The molecule has 3 saturated carbocycles. The van der Waals surface area contributed by atoms with E-state index in [-0.39, 0.29) is 33.2 Å². The lowest BCUT2D eigenvalue weighted by molar-refractivity contribution is -0.177. The van der Waals surface area contributed by atoms with E-state index in [2.05, 4.69) is 33.8 Å². The van der Waals surface area contributed by atoms with Crippen LogP contribution in [0, 0.1) is 27.6 Å². The van der Waals surface area contributed by atoms with Gasteiger partial charge in [-0.3, -0.25) is 14.4 Å². The van der Waals surface area contributed by atoms with Gasteiger partial charge in [0.25, 0.3) is 0 Å². The molecule has 6 nitrogen and oxygen atoms in total. The first kappa shape index (κ1) is 27.0. The van der Waals surface area contributed by atoms with E-state index in [9.17, 15) is 19.5 Å². The highest BCUT2D eigenvalue weighted by Crippen LogP contribution is 2.74. The van der Waals surface area contributed by atoms with Gasteiger partial charge in [-0.25, -0.2) is 0 Å². The molecule has 6 unspecified atom stereocenters. The normalized spacial score (nSPS) is 39.4. The van der Waals surface area contributed by atoms with E-state index in [1.54, 1.807) is 0 Å². The fraction of sp³-hybridized carbons (Fsp3) is 0.656. The molecule has 0 radical (unpaired) electrons. The van der Waals surface area contributed by atoms with Crippen molar-refractivity contribution in [2.24, 2.45) is 27.6 Å². The molecule has 5 rings (SSSR count). The summed E-state index contributed by atoms with van der Waals surface area (Å²) in [6, 6.07) is 3.78. The molecule has 0 amide bonds. The molecule has 0 aliphatic heterocycles. The fourth-order valence-corrected chi connectivity index (χ4v) is 9.07. The lowest BCUT2D eigenvalue weighted by Crippen LogP contribution is -2.62.